The summed E-state index contributed by atoms with van der Waals surface area (Å²) in [5.74, 6) is 0. The molecule has 28 heavy (non-hydrogen) atoms. The van der Waals surface area contributed by atoms with Crippen molar-refractivity contribution >= 4 is 5.71 Å². The fourth-order valence-electron chi connectivity index (χ4n) is 3.61. The predicted octanol–water partition coefficient (Wildman–Crippen LogP) is 6.68. The summed E-state index contributed by atoms with van der Waals surface area (Å²) in [4.78, 5) is 5.11. The molecule has 0 spiro atoms. The maximum atomic E-state index is 5.11. The van der Waals surface area contributed by atoms with Crippen molar-refractivity contribution in [3.63, 3.8) is 0 Å². The molecule has 0 amide bonds. The van der Waals surface area contributed by atoms with E-state index in [1.165, 1.54) is 27.8 Å². The standard InChI is InChI=1S/C27H25N/c1-21-10-9-11-22(18-21)19-23-16-17-26(24-12-7-4-8-13-24)28-27(20-23)25-14-5-2-3-6-15-25/h2-14,16,18,20H,15,17,19H2,1H3. The van der Waals surface area contributed by atoms with E-state index in [0.29, 0.717) is 0 Å². The Morgan fingerprint density at radius 3 is 2.64 bits per heavy atom. The van der Waals surface area contributed by atoms with Gasteiger partial charge in [0.05, 0.1) is 11.4 Å². The van der Waals surface area contributed by atoms with Crippen LogP contribution in [0.4, 0.5) is 0 Å². The third-order valence-corrected chi connectivity index (χ3v) is 5.06. The second-order valence-electron chi connectivity index (χ2n) is 7.31. The van der Waals surface area contributed by atoms with Crippen LogP contribution in [0.3, 0.4) is 0 Å². The summed E-state index contributed by atoms with van der Waals surface area (Å²) in [6.45, 7) is 2.15. The summed E-state index contributed by atoms with van der Waals surface area (Å²) >= 11 is 0. The first-order chi connectivity index (χ1) is 13.8. The molecule has 0 bridgehead atoms. The lowest BCUT2D eigenvalue weighted by Gasteiger charge is -2.08. The van der Waals surface area contributed by atoms with E-state index in [-0.39, 0.29) is 0 Å². The Labute approximate surface area is 167 Å². The van der Waals surface area contributed by atoms with Gasteiger partial charge in [-0.2, -0.15) is 0 Å². The molecule has 2 aromatic rings. The van der Waals surface area contributed by atoms with E-state index in [9.17, 15) is 0 Å². The molecule has 2 aromatic carbocycles. The van der Waals surface area contributed by atoms with Gasteiger partial charge in [0.15, 0.2) is 0 Å². The highest BCUT2D eigenvalue weighted by Gasteiger charge is 2.13. The summed E-state index contributed by atoms with van der Waals surface area (Å²) < 4.78 is 0. The molecule has 0 fully saturated rings. The number of hydrogen-bond acceptors (Lipinski definition) is 1. The first kappa shape index (κ1) is 18.2. The van der Waals surface area contributed by atoms with Crippen molar-refractivity contribution in [2.45, 2.75) is 26.2 Å². The van der Waals surface area contributed by atoms with Crippen LogP contribution in [-0.4, -0.2) is 5.71 Å². The third kappa shape index (κ3) is 4.55. The predicted molar refractivity (Wildman–Crippen MR) is 120 cm³/mol. The number of nitrogens with zero attached hydrogens (tertiary/aromatic N) is 1. The van der Waals surface area contributed by atoms with Gasteiger partial charge in [-0.25, -0.2) is 0 Å². The van der Waals surface area contributed by atoms with Gasteiger partial charge >= 0.3 is 0 Å². The lowest BCUT2D eigenvalue weighted by atomic mass is 9.99. The minimum atomic E-state index is 0.851. The summed E-state index contributed by atoms with van der Waals surface area (Å²) in [6.07, 6.45) is 18.0. The monoisotopic (exact) mass is 363 g/mol. The Hall–Kier alpha value is -3.19. The van der Waals surface area contributed by atoms with Gasteiger partial charge in [0.1, 0.15) is 0 Å². The van der Waals surface area contributed by atoms with Crippen molar-refractivity contribution in [1.82, 2.24) is 0 Å². The van der Waals surface area contributed by atoms with Crippen LogP contribution in [0.25, 0.3) is 0 Å². The van der Waals surface area contributed by atoms with Crippen molar-refractivity contribution in [2.75, 3.05) is 0 Å². The van der Waals surface area contributed by atoms with Crippen molar-refractivity contribution in [3.8, 4) is 0 Å². The summed E-state index contributed by atoms with van der Waals surface area (Å²) in [5.41, 5.74) is 8.64. The zero-order chi connectivity index (χ0) is 19.2. The Morgan fingerprint density at radius 2 is 1.79 bits per heavy atom. The van der Waals surface area contributed by atoms with Gasteiger partial charge < -0.3 is 0 Å². The zero-order valence-corrected chi connectivity index (χ0v) is 16.3. The van der Waals surface area contributed by atoms with E-state index in [2.05, 4.69) is 104 Å². The topological polar surface area (TPSA) is 12.4 Å². The van der Waals surface area contributed by atoms with Crippen LogP contribution in [0.5, 0.6) is 0 Å². The van der Waals surface area contributed by atoms with E-state index in [1.807, 2.05) is 0 Å². The largest absolute Gasteiger partial charge is 0.252 e. The van der Waals surface area contributed by atoms with Crippen LogP contribution in [-0.2, 0) is 6.42 Å². The van der Waals surface area contributed by atoms with E-state index < -0.39 is 0 Å². The lowest BCUT2D eigenvalue weighted by molar-refractivity contribution is 1.14. The molecular formula is C27H25N. The highest BCUT2D eigenvalue weighted by atomic mass is 14.8. The third-order valence-electron chi connectivity index (χ3n) is 5.06. The molecule has 0 N–H and O–H groups in total. The zero-order valence-electron chi connectivity index (χ0n) is 16.3. The molecular weight excluding hydrogens is 338 g/mol. The van der Waals surface area contributed by atoms with Gasteiger partial charge in [-0.05, 0) is 48.1 Å². The Balaban J connectivity index is 1.71. The molecule has 0 atom stereocenters. The van der Waals surface area contributed by atoms with E-state index in [1.54, 1.807) is 0 Å². The van der Waals surface area contributed by atoms with Gasteiger partial charge in [0.25, 0.3) is 0 Å². The van der Waals surface area contributed by atoms with Gasteiger partial charge in [0, 0.05) is 6.42 Å². The molecule has 4 rings (SSSR count). The normalized spacial score (nSPS) is 16.5. The average molecular weight is 364 g/mol. The number of aliphatic imine (C=N–C) groups is 1. The summed E-state index contributed by atoms with van der Waals surface area (Å²) in [5, 5.41) is 0. The molecule has 0 unspecified atom stereocenters. The van der Waals surface area contributed by atoms with Crippen LogP contribution in [0, 0.1) is 6.92 Å². The van der Waals surface area contributed by atoms with Crippen LogP contribution in [0.2, 0.25) is 0 Å². The molecule has 138 valence electrons. The van der Waals surface area contributed by atoms with E-state index in [0.717, 1.165) is 30.7 Å². The van der Waals surface area contributed by atoms with Crippen molar-refractivity contribution < 1.29 is 0 Å². The van der Waals surface area contributed by atoms with Crippen LogP contribution in [0.15, 0.2) is 119 Å². The molecule has 0 radical (unpaired) electrons. The SMILES string of the molecule is Cc1cccc(CC2=CCC(c3ccccc3)=NC(C3=CC=CC=CC3)=C2)c1. The second kappa shape index (κ2) is 8.67. The highest BCUT2D eigenvalue weighted by Crippen LogP contribution is 2.26. The number of allylic oxidation sites excluding steroid dienone is 9. The number of rotatable bonds is 4. The Kier molecular flexibility index (Phi) is 5.63. The van der Waals surface area contributed by atoms with Crippen LogP contribution >= 0.6 is 0 Å². The molecule has 1 heterocycles. The number of benzene rings is 2. The van der Waals surface area contributed by atoms with Gasteiger partial charge in [-0.1, -0.05) is 96.6 Å². The van der Waals surface area contributed by atoms with Crippen molar-refractivity contribution in [2.24, 2.45) is 4.99 Å². The van der Waals surface area contributed by atoms with Crippen LogP contribution in [0.1, 0.15) is 29.5 Å². The maximum Gasteiger partial charge on any atom is 0.0671 e. The molecule has 2 aliphatic rings. The fourth-order valence-corrected chi connectivity index (χ4v) is 3.61. The van der Waals surface area contributed by atoms with Crippen molar-refractivity contribution in [1.29, 1.82) is 0 Å². The summed E-state index contributed by atoms with van der Waals surface area (Å²) in [7, 11) is 0. The number of aryl methyl sites for hydroxylation is 1. The molecule has 0 saturated carbocycles. The molecule has 1 heteroatoms. The first-order valence-electron chi connectivity index (χ1n) is 9.90. The average Bonchev–Trinajstić information content (AvgIpc) is 3.10. The Morgan fingerprint density at radius 1 is 0.893 bits per heavy atom. The fraction of sp³-hybridized carbons (Fsp3) is 0.148. The Bertz CT molecular complexity index is 1030. The van der Waals surface area contributed by atoms with E-state index >= 15 is 0 Å². The van der Waals surface area contributed by atoms with Crippen molar-refractivity contribution in [3.05, 3.63) is 131 Å². The first-order valence-corrected chi connectivity index (χ1v) is 9.90. The highest BCUT2D eigenvalue weighted by molar-refractivity contribution is 6.02. The molecule has 0 saturated heterocycles. The molecule has 0 aromatic heterocycles. The minimum Gasteiger partial charge on any atom is -0.252 e. The van der Waals surface area contributed by atoms with Crippen LogP contribution < -0.4 is 0 Å². The second-order valence-corrected chi connectivity index (χ2v) is 7.31. The van der Waals surface area contributed by atoms with Gasteiger partial charge in [0.2, 0.25) is 0 Å². The smallest absolute Gasteiger partial charge is 0.0671 e. The maximum absolute atomic E-state index is 5.11. The van der Waals surface area contributed by atoms with Gasteiger partial charge in [-0.3, -0.25) is 4.99 Å². The minimum absolute atomic E-state index is 0.851. The van der Waals surface area contributed by atoms with Gasteiger partial charge in [-0.15, -0.1) is 0 Å². The lowest BCUT2D eigenvalue weighted by Crippen LogP contribution is -2.00. The number of hydrogen-bond donors (Lipinski definition) is 0. The molecule has 1 aliphatic carbocycles. The molecule has 1 aliphatic heterocycles. The quantitative estimate of drug-likeness (QED) is 0.574. The van der Waals surface area contributed by atoms with E-state index in [4.69, 9.17) is 4.99 Å². The summed E-state index contributed by atoms with van der Waals surface area (Å²) in [6, 6.07) is 19.3. The molecule has 1 nitrogen and oxygen atoms in total.